The summed E-state index contributed by atoms with van der Waals surface area (Å²) in [5, 5.41) is 0. The molecule has 0 heterocycles. The van der Waals surface area contributed by atoms with E-state index in [9.17, 15) is 0 Å². The summed E-state index contributed by atoms with van der Waals surface area (Å²) in [5.41, 5.74) is 0.440. The SMILES string of the molecule is C=CCC1CCCCC1(CC=C)CC=C. The van der Waals surface area contributed by atoms with Crippen molar-refractivity contribution in [3.8, 4) is 0 Å². The molecule has 1 aliphatic rings. The van der Waals surface area contributed by atoms with E-state index in [1.165, 1.54) is 25.7 Å². The number of rotatable bonds is 6. The summed E-state index contributed by atoms with van der Waals surface area (Å²) in [6.45, 7) is 11.7. The lowest BCUT2D eigenvalue weighted by atomic mass is 9.61. The van der Waals surface area contributed by atoms with Crippen molar-refractivity contribution in [2.45, 2.75) is 44.9 Å². The van der Waals surface area contributed by atoms with E-state index < -0.39 is 0 Å². The van der Waals surface area contributed by atoms with Crippen molar-refractivity contribution in [1.29, 1.82) is 0 Å². The molecule has 0 nitrogen and oxygen atoms in total. The summed E-state index contributed by atoms with van der Waals surface area (Å²) in [4.78, 5) is 0. The van der Waals surface area contributed by atoms with E-state index >= 15 is 0 Å². The first kappa shape index (κ1) is 12.3. The monoisotopic (exact) mass is 204 g/mol. The van der Waals surface area contributed by atoms with Gasteiger partial charge in [0.25, 0.3) is 0 Å². The minimum atomic E-state index is 0.440. The average molecular weight is 204 g/mol. The van der Waals surface area contributed by atoms with Crippen molar-refractivity contribution in [2.75, 3.05) is 0 Å². The highest BCUT2D eigenvalue weighted by molar-refractivity contribution is 4.99. The molecule has 15 heavy (non-hydrogen) atoms. The molecule has 1 rings (SSSR count). The van der Waals surface area contributed by atoms with Crippen LogP contribution >= 0.6 is 0 Å². The molecule has 0 radical (unpaired) electrons. The van der Waals surface area contributed by atoms with E-state index in [0.717, 1.165) is 25.2 Å². The van der Waals surface area contributed by atoms with Gasteiger partial charge in [-0.1, -0.05) is 31.1 Å². The van der Waals surface area contributed by atoms with Gasteiger partial charge in [-0.2, -0.15) is 0 Å². The number of allylic oxidation sites excluding steroid dienone is 3. The smallest absolute Gasteiger partial charge is 0.0197 e. The molecule has 0 saturated heterocycles. The Labute approximate surface area is 94.8 Å². The van der Waals surface area contributed by atoms with Crippen LogP contribution in [-0.2, 0) is 0 Å². The summed E-state index contributed by atoms with van der Waals surface area (Å²) in [6, 6.07) is 0. The van der Waals surface area contributed by atoms with Crippen molar-refractivity contribution in [3.63, 3.8) is 0 Å². The van der Waals surface area contributed by atoms with Crippen molar-refractivity contribution < 1.29 is 0 Å². The highest BCUT2D eigenvalue weighted by Crippen LogP contribution is 2.48. The van der Waals surface area contributed by atoms with Gasteiger partial charge in [0.2, 0.25) is 0 Å². The molecule has 0 aromatic rings. The fourth-order valence-electron chi connectivity index (χ4n) is 3.14. The number of hydrogen-bond acceptors (Lipinski definition) is 0. The van der Waals surface area contributed by atoms with E-state index in [4.69, 9.17) is 0 Å². The van der Waals surface area contributed by atoms with E-state index in [0.29, 0.717) is 5.41 Å². The van der Waals surface area contributed by atoms with Crippen molar-refractivity contribution in [1.82, 2.24) is 0 Å². The fraction of sp³-hybridized carbons (Fsp3) is 0.600. The molecule has 0 aromatic carbocycles. The lowest BCUT2D eigenvalue weighted by molar-refractivity contribution is 0.101. The minimum absolute atomic E-state index is 0.440. The normalized spacial score (nSPS) is 24.4. The quantitative estimate of drug-likeness (QED) is 0.540. The van der Waals surface area contributed by atoms with Crippen LogP contribution < -0.4 is 0 Å². The van der Waals surface area contributed by atoms with Crippen LogP contribution in [0.15, 0.2) is 38.0 Å². The zero-order valence-electron chi connectivity index (χ0n) is 9.88. The largest absolute Gasteiger partial charge is 0.103 e. The molecular weight excluding hydrogens is 180 g/mol. The van der Waals surface area contributed by atoms with Crippen molar-refractivity contribution in [2.24, 2.45) is 11.3 Å². The molecule has 84 valence electrons. The van der Waals surface area contributed by atoms with Gasteiger partial charge in [0.1, 0.15) is 0 Å². The first-order chi connectivity index (χ1) is 7.29. The van der Waals surface area contributed by atoms with Crippen LogP contribution in [0.3, 0.4) is 0 Å². The molecule has 1 saturated carbocycles. The second-order valence-electron chi connectivity index (χ2n) is 4.82. The Morgan fingerprint density at radius 3 is 2.20 bits per heavy atom. The third-order valence-corrected chi connectivity index (χ3v) is 3.90. The third-order valence-electron chi connectivity index (χ3n) is 3.90. The first-order valence-electron chi connectivity index (χ1n) is 6.12. The molecule has 0 aromatic heterocycles. The van der Waals surface area contributed by atoms with Gasteiger partial charge in [-0.3, -0.25) is 0 Å². The van der Waals surface area contributed by atoms with Gasteiger partial charge < -0.3 is 0 Å². The van der Waals surface area contributed by atoms with Gasteiger partial charge in [-0.25, -0.2) is 0 Å². The van der Waals surface area contributed by atoms with E-state index in [-0.39, 0.29) is 0 Å². The Hall–Kier alpha value is -0.780. The number of hydrogen-bond donors (Lipinski definition) is 0. The van der Waals surface area contributed by atoms with Gasteiger partial charge in [0.15, 0.2) is 0 Å². The standard InChI is InChI=1S/C15H24/c1-4-9-14-10-7-8-13-15(14,11-5-2)12-6-3/h4-6,14H,1-3,7-13H2. The Balaban J connectivity index is 2.81. The van der Waals surface area contributed by atoms with Gasteiger partial charge in [-0.05, 0) is 43.4 Å². The average Bonchev–Trinajstić information content (AvgIpc) is 2.23. The predicted molar refractivity (Wildman–Crippen MR) is 68.8 cm³/mol. The van der Waals surface area contributed by atoms with Crippen LogP contribution in [-0.4, -0.2) is 0 Å². The van der Waals surface area contributed by atoms with Crippen LogP contribution in [0.1, 0.15) is 44.9 Å². The first-order valence-corrected chi connectivity index (χ1v) is 6.12. The van der Waals surface area contributed by atoms with Crippen LogP contribution in [0.2, 0.25) is 0 Å². The van der Waals surface area contributed by atoms with Gasteiger partial charge in [0, 0.05) is 0 Å². The van der Waals surface area contributed by atoms with Gasteiger partial charge in [-0.15, -0.1) is 19.7 Å². The van der Waals surface area contributed by atoms with Crippen LogP contribution in [0.25, 0.3) is 0 Å². The molecule has 0 aliphatic heterocycles. The molecule has 1 fully saturated rings. The van der Waals surface area contributed by atoms with Crippen LogP contribution in [0.5, 0.6) is 0 Å². The molecular formula is C15H24. The van der Waals surface area contributed by atoms with E-state index in [1.807, 2.05) is 0 Å². The molecule has 0 spiro atoms. The summed E-state index contributed by atoms with van der Waals surface area (Å²) in [6.07, 6.45) is 15.1. The molecule has 1 unspecified atom stereocenters. The fourth-order valence-corrected chi connectivity index (χ4v) is 3.14. The highest BCUT2D eigenvalue weighted by atomic mass is 14.4. The molecule has 0 amide bonds. The van der Waals surface area contributed by atoms with Gasteiger partial charge in [0.05, 0.1) is 0 Å². The minimum Gasteiger partial charge on any atom is -0.103 e. The summed E-state index contributed by atoms with van der Waals surface area (Å²) in [5.74, 6) is 0.791. The van der Waals surface area contributed by atoms with Crippen molar-refractivity contribution in [3.05, 3.63) is 38.0 Å². The summed E-state index contributed by atoms with van der Waals surface area (Å²) < 4.78 is 0. The zero-order valence-corrected chi connectivity index (χ0v) is 9.88. The maximum Gasteiger partial charge on any atom is -0.0197 e. The lowest BCUT2D eigenvalue weighted by Crippen LogP contribution is -2.32. The Morgan fingerprint density at radius 2 is 1.67 bits per heavy atom. The Bertz CT molecular complexity index is 214. The maximum absolute atomic E-state index is 3.92. The molecule has 1 aliphatic carbocycles. The molecule has 0 heteroatoms. The topological polar surface area (TPSA) is 0 Å². The van der Waals surface area contributed by atoms with Crippen LogP contribution in [0, 0.1) is 11.3 Å². The third kappa shape index (κ3) is 2.84. The molecule has 1 atom stereocenters. The summed E-state index contributed by atoms with van der Waals surface area (Å²) in [7, 11) is 0. The highest BCUT2D eigenvalue weighted by Gasteiger charge is 2.37. The predicted octanol–water partition coefficient (Wildman–Crippen LogP) is 4.89. The van der Waals surface area contributed by atoms with Crippen LogP contribution in [0.4, 0.5) is 0 Å². The maximum atomic E-state index is 3.92. The molecule has 0 N–H and O–H groups in total. The molecule has 0 bridgehead atoms. The Morgan fingerprint density at radius 1 is 1.00 bits per heavy atom. The van der Waals surface area contributed by atoms with Crippen molar-refractivity contribution >= 4 is 0 Å². The van der Waals surface area contributed by atoms with E-state index in [2.05, 4.69) is 38.0 Å². The second kappa shape index (κ2) is 5.95. The lowest BCUT2D eigenvalue weighted by Gasteiger charge is -2.43. The summed E-state index contributed by atoms with van der Waals surface area (Å²) >= 11 is 0. The zero-order chi connectivity index (χ0) is 11.1. The Kier molecular flexibility index (Phi) is 4.87. The van der Waals surface area contributed by atoms with Gasteiger partial charge >= 0.3 is 0 Å². The van der Waals surface area contributed by atoms with E-state index in [1.54, 1.807) is 0 Å². The second-order valence-corrected chi connectivity index (χ2v) is 4.82.